The fourth-order valence-corrected chi connectivity index (χ4v) is 1.84. The van der Waals surface area contributed by atoms with E-state index in [1.165, 1.54) is 11.1 Å². The number of methoxy groups -OCH3 is 1. The molecule has 2 nitrogen and oxygen atoms in total. The second-order valence-corrected chi connectivity index (χ2v) is 4.02. The molecule has 2 unspecified atom stereocenters. The Balaban J connectivity index is 2.78. The summed E-state index contributed by atoms with van der Waals surface area (Å²) in [5, 5.41) is 9.39. The molecule has 0 radical (unpaired) electrons. The molecule has 0 aliphatic carbocycles. The fraction of sp³-hybridized carbons (Fsp3) is 0.538. The molecule has 84 valence electrons. The Morgan fingerprint density at radius 2 is 2.00 bits per heavy atom. The van der Waals surface area contributed by atoms with Crippen LogP contribution in [0.5, 0.6) is 0 Å². The van der Waals surface area contributed by atoms with Crippen LogP contribution < -0.4 is 0 Å². The van der Waals surface area contributed by atoms with Crippen molar-refractivity contribution in [2.24, 2.45) is 0 Å². The third kappa shape index (κ3) is 3.33. The Kier molecular flexibility index (Phi) is 4.79. The van der Waals surface area contributed by atoms with Gasteiger partial charge in [0.25, 0.3) is 0 Å². The van der Waals surface area contributed by atoms with Gasteiger partial charge in [-0.3, -0.25) is 0 Å². The lowest BCUT2D eigenvalue weighted by Crippen LogP contribution is -2.15. The standard InChI is InChI=1S/C13H20O2/c1-10-6-4-5-7-13(10)12(9-14)8-11(2)15-3/h4-7,11-12,14H,8-9H2,1-3H3. The number of benzene rings is 1. The highest BCUT2D eigenvalue weighted by Crippen LogP contribution is 2.24. The monoisotopic (exact) mass is 208 g/mol. The second kappa shape index (κ2) is 5.89. The highest BCUT2D eigenvalue weighted by Gasteiger charge is 2.15. The predicted molar refractivity (Wildman–Crippen MR) is 62.1 cm³/mol. The van der Waals surface area contributed by atoms with E-state index in [9.17, 15) is 5.11 Å². The Hall–Kier alpha value is -0.860. The first-order chi connectivity index (χ1) is 7.19. The summed E-state index contributed by atoms with van der Waals surface area (Å²) in [7, 11) is 1.71. The van der Waals surface area contributed by atoms with Crippen LogP contribution in [-0.2, 0) is 4.74 Å². The summed E-state index contributed by atoms with van der Waals surface area (Å²) in [6.45, 7) is 4.29. The molecule has 0 amide bonds. The first kappa shape index (κ1) is 12.2. The highest BCUT2D eigenvalue weighted by atomic mass is 16.5. The van der Waals surface area contributed by atoms with Crippen LogP contribution in [0.1, 0.15) is 30.4 Å². The maximum atomic E-state index is 9.39. The molecule has 0 fully saturated rings. The van der Waals surface area contributed by atoms with Gasteiger partial charge in [0.1, 0.15) is 0 Å². The van der Waals surface area contributed by atoms with Crippen molar-refractivity contribution >= 4 is 0 Å². The first-order valence-electron chi connectivity index (χ1n) is 5.38. The van der Waals surface area contributed by atoms with E-state index in [0.29, 0.717) is 0 Å². The zero-order valence-corrected chi connectivity index (χ0v) is 9.73. The summed E-state index contributed by atoms with van der Waals surface area (Å²) >= 11 is 0. The topological polar surface area (TPSA) is 29.5 Å². The molecule has 15 heavy (non-hydrogen) atoms. The number of rotatable bonds is 5. The van der Waals surface area contributed by atoms with Crippen LogP contribution in [0.25, 0.3) is 0 Å². The molecule has 1 aromatic carbocycles. The summed E-state index contributed by atoms with van der Waals surface area (Å²) in [5.41, 5.74) is 2.46. The van der Waals surface area contributed by atoms with Gasteiger partial charge in [-0.15, -0.1) is 0 Å². The maximum Gasteiger partial charge on any atom is 0.0549 e. The lowest BCUT2D eigenvalue weighted by Gasteiger charge is -2.20. The number of aliphatic hydroxyl groups excluding tert-OH is 1. The fourth-order valence-electron chi connectivity index (χ4n) is 1.84. The number of ether oxygens (including phenoxy) is 1. The third-order valence-corrected chi connectivity index (χ3v) is 2.87. The van der Waals surface area contributed by atoms with E-state index in [4.69, 9.17) is 4.74 Å². The van der Waals surface area contributed by atoms with Gasteiger partial charge in [-0.05, 0) is 31.4 Å². The molecular formula is C13H20O2. The lowest BCUT2D eigenvalue weighted by atomic mass is 9.91. The van der Waals surface area contributed by atoms with Crippen molar-refractivity contribution in [1.82, 2.24) is 0 Å². The van der Waals surface area contributed by atoms with Gasteiger partial charge in [0.15, 0.2) is 0 Å². The minimum Gasteiger partial charge on any atom is -0.396 e. The van der Waals surface area contributed by atoms with Gasteiger partial charge in [-0.1, -0.05) is 24.3 Å². The quantitative estimate of drug-likeness (QED) is 0.805. The Morgan fingerprint density at radius 3 is 2.53 bits per heavy atom. The highest BCUT2D eigenvalue weighted by molar-refractivity contribution is 5.29. The molecule has 1 rings (SSSR count). The van der Waals surface area contributed by atoms with Gasteiger partial charge in [-0.2, -0.15) is 0 Å². The summed E-state index contributed by atoms with van der Waals surface area (Å²) < 4.78 is 5.23. The van der Waals surface area contributed by atoms with Gasteiger partial charge in [0.2, 0.25) is 0 Å². The average Bonchev–Trinajstić information content (AvgIpc) is 2.26. The van der Waals surface area contributed by atoms with Crippen molar-refractivity contribution < 1.29 is 9.84 Å². The van der Waals surface area contributed by atoms with Crippen LogP contribution in [-0.4, -0.2) is 24.9 Å². The van der Waals surface area contributed by atoms with Gasteiger partial charge in [-0.25, -0.2) is 0 Å². The van der Waals surface area contributed by atoms with Crippen molar-refractivity contribution in [3.63, 3.8) is 0 Å². The molecular weight excluding hydrogens is 188 g/mol. The van der Waals surface area contributed by atoms with Crippen molar-refractivity contribution in [2.75, 3.05) is 13.7 Å². The summed E-state index contributed by atoms with van der Waals surface area (Å²) in [5.74, 6) is 0.182. The predicted octanol–water partition coefficient (Wildman–Crippen LogP) is 2.50. The van der Waals surface area contributed by atoms with Crippen molar-refractivity contribution in [3.8, 4) is 0 Å². The molecule has 2 atom stereocenters. The smallest absolute Gasteiger partial charge is 0.0549 e. The molecule has 2 heteroatoms. The minimum atomic E-state index is 0.179. The number of aliphatic hydroxyl groups is 1. The Morgan fingerprint density at radius 1 is 1.33 bits per heavy atom. The van der Waals surface area contributed by atoms with Crippen molar-refractivity contribution in [3.05, 3.63) is 35.4 Å². The molecule has 1 N–H and O–H groups in total. The number of aryl methyl sites for hydroxylation is 1. The molecule has 0 saturated heterocycles. The van der Waals surface area contributed by atoms with E-state index in [1.54, 1.807) is 7.11 Å². The van der Waals surface area contributed by atoms with E-state index in [1.807, 2.05) is 19.1 Å². The van der Waals surface area contributed by atoms with Crippen LogP contribution in [0.3, 0.4) is 0 Å². The van der Waals surface area contributed by atoms with Gasteiger partial charge >= 0.3 is 0 Å². The summed E-state index contributed by atoms with van der Waals surface area (Å²) in [6.07, 6.45) is 1.04. The third-order valence-electron chi connectivity index (χ3n) is 2.87. The van der Waals surface area contributed by atoms with E-state index in [-0.39, 0.29) is 18.6 Å². The van der Waals surface area contributed by atoms with Crippen molar-refractivity contribution in [2.45, 2.75) is 32.3 Å². The zero-order chi connectivity index (χ0) is 11.3. The maximum absolute atomic E-state index is 9.39. The zero-order valence-electron chi connectivity index (χ0n) is 9.73. The minimum absolute atomic E-state index is 0.179. The average molecular weight is 208 g/mol. The molecule has 0 spiro atoms. The first-order valence-corrected chi connectivity index (χ1v) is 5.38. The lowest BCUT2D eigenvalue weighted by molar-refractivity contribution is 0.0949. The molecule has 0 aliphatic rings. The number of hydrogen-bond acceptors (Lipinski definition) is 2. The SMILES string of the molecule is COC(C)CC(CO)c1ccccc1C. The van der Waals surface area contributed by atoms with Crippen LogP contribution >= 0.6 is 0 Å². The molecule has 0 aromatic heterocycles. The van der Waals surface area contributed by atoms with E-state index < -0.39 is 0 Å². The van der Waals surface area contributed by atoms with Crippen LogP contribution in [0.4, 0.5) is 0 Å². The van der Waals surface area contributed by atoms with E-state index >= 15 is 0 Å². The Bertz CT molecular complexity index is 296. The molecule has 1 aromatic rings. The van der Waals surface area contributed by atoms with Gasteiger partial charge in [0.05, 0.1) is 12.7 Å². The van der Waals surface area contributed by atoms with E-state index in [0.717, 1.165) is 6.42 Å². The second-order valence-electron chi connectivity index (χ2n) is 4.02. The molecule has 0 aliphatic heterocycles. The van der Waals surface area contributed by atoms with Gasteiger partial charge in [0, 0.05) is 13.0 Å². The normalized spacial score (nSPS) is 14.9. The van der Waals surface area contributed by atoms with Crippen LogP contribution in [0, 0.1) is 6.92 Å². The summed E-state index contributed by atoms with van der Waals surface area (Å²) in [4.78, 5) is 0. The van der Waals surface area contributed by atoms with Crippen molar-refractivity contribution in [1.29, 1.82) is 0 Å². The molecule has 0 bridgehead atoms. The molecule has 0 heterocycles. The summed E-state index contributed by atoms with van der Waals surface area (Å²) in [6, 6.07) is 8.20. The van der Waals surface area contributed by atoms with Gasteiger partial charge < -0.3 is 9.84 Å². The molecule has 0 saturated carbocycles. The Labute approximate surface area is 91.9 Å². The van der Waals surface area contributed by atoms with Crippen LogP contribution in [0.2, 0.25) is 0 Å². The van der Waals surface area contributed by atoms with E-state index in [2.05, 4.69) is 19.1 Å². The largest absolute Gasteiger partial charge is 0.396 e. The van der Waals surface area contributed by atoms with Crippen LogP contribution in [0.15, 0.2) is 24.3 Å². The number of hydrogen-bond donors (Lipinski definition) is 1.